The quantitative estimate of drug-likeness (QED) is 0.857. The molecule has 0 heterocycles. The van der Waals surface area contributed by atoms with E-state index >= 15 is 0 Å². The summed E-state index contributed by atoms with van der Waals surface area (Å²) in [5, 5.41) is 11.0. The highest BCUT2D eigenvalue weighted by Gasteiger charge is 2.28. The minimum atomic E-state index is -4.50. The van der Waals surface area contributed by atoms with Crippen molar-refractivity contribution in [1.29, 1.82) is 0 Å². The molecule has 1 aromatic carbocycles. The second-order valence-electron chi connectivity index (χ2n) is 3.18. The van der Waals surface area contributed by atoms with Crippen molar-refractivity contribution in [3.05, 3.63) is 23.8 Å². The summed E-state index contributed by atoms with van der Waals surface area (Å²) < 4.78 is 40.4. The first-order valence-corrected chi connectivity index (χ1v) is 4.55. The van der Waals surface area contributed by atoms with Crippen LogP contribution in [0.15, 0.2) is 18.2 Å². The highest BCUT2D eigenvalue weighted by atomic mass is 19.4. The van der Waals surface area contributed by atoms with E-state index in [2.05, 4.69) is 0 Å². The lowest BCUT2D eigenvalue weighted by Gasteiger charge is -2.10. The van der Waals surface area contributed by atoms with Gasteiger partial charge in [0, 0.05) is 0 Å². The van der Waals surface area contributed by atoms with Crippen molar-refractivity contribution in [3.63, 3.8) is 0 Å². The average molecular weight is 249 g/mol. The molecule has 0 bridgehead atoms. The number of hydrogen-bond donors (Lipinski definition) is 2. The van der Waals surface area contributed by atoms with Gasteiger partial charge in [-0.2, -0.15) is 13.2 Å². The summed E-state index contributed by atoms with van der Waals surface area (Å²) in [6.07, 6.45) is -4.50. The van der Waals surface area contributed by atoms with Gasteiger partial charge in [-0.15, -0.1) is 0 Å². The summed E-state index contributed by atoms with van der Waals surface area (Å²) in [5.41, 5.74) is -0.270. The molecule has 94 valence electrons. The van der Waals surface area contributed by atoms with E-state index in [0.717, 1.165) is 6.07 Å². The van der Waals surface area contributed by atoms with Gasteiger partial charge in [0.1, 0.15) is 18.0 Å². The van der Waals surface area contributed by atoms with Crippen molar-refractivity contribution >= 4 is 5.91 Å². The topological polar surface area (TPSA) is 58.6 Å². The van der Waals surface area contributed by atoms with E-state index in [4.69, 9.17) is 4.74 Å². The van der Waals surface area contributed by atoms with Crippen LogP contribution in [0.3, 0.4) is 0 Å². The van der Waals surface area contributed by atoms with Gasteiger partial charge in [0.25, 0.3) is 5.91 Å². The van der Waals surface area contributed by atoms with Crippen LogP contribution < -0.4 is 10.1 Å². The maximum absolute atomic E-state index is 11.9. The Morgan fingerprint density at radius 2 is 2.12 bits per heavy atom. The molecule has 0 unspecified atom stereocenters. The molecule has 0 saturated carbocycles. The van der Waals surface area contributed by atoms with Gasteiger partial charge in [-0.1, -0.05) is 0 Å². The maximum Gasteiger partial charge on any atom is 0.405 e. The largest absolute Gasteiger partial charge is 0.507 e. The molecule has 4 nitrogen and oxygen atoms in total. The first kappa shape index (κ1) is 13.1. The summed E-state index contributed by atoms with van der Waals surface area (Å²) in [4.78, 5) is 11.4. The predicted molar refractivity (Wildman–Crippen MR) is 53.0 cm³/mol. The third-order valence-electron chi connectivity index (χ3n) is 1.90. The Morgan fingerprint density at radius 1 is 1.47 bits per heavy atom. The number of benzene rings is 1. The van der Waals surface area contributed by atoms with Gasteiger partial charge in [0.15, 0.2) is 0 Å². The van der Waals surface area contributed by atoms with Crippen LogP contribution in [0.25, 0.3) is 0 Å². The predicted octanol–water partition coefficient (Wildman–Crippen LogP) is 1.69. The van der Waals surface area contributed by atoms with Gasteiger partial charge in [-0.05, 0) is 18.2 Å². The van der Waals surface area contributed by atoms with Gasteiger partial charge < -0.3 is 15.2 Å². The van der Waals surface area contributed by atoms with Crippen molar-refractivity contribution < 1.29 is 27.8 Å². The van der Waals surface area contributed by atoms with Gasteiger partial charge >= 0.3 is 6.18 Å². The Morgan fingerprint density at radius 3 is 2.65 bits per heavy atom. The van der Waals surface area contributed by atoms with Gasteiger partial charge in [0.05, 0.1) is 12.7 Å². The van der Waals surface area contributed by atoms with Crippen LogP contribution in [-0.2, 0) is 0 Å². The van der Waals surface area contributed by atoms with E-state index in [1.165, 1.54) is 19.2 Å². The highest BCUT2D eigenvalue weighted by Crippen LogP contribution is 2.23. The first-order valence-electron chi connectivity index (χ1n) is 4.55. The van der Waals surface area contributed by atoms with Crippen LogP contribution in [0.4, 0.5) is 13.2 Å². The minimum Gasteiger partial charge on any atom is -0.507 e. The van der Waals surface area contributed by atoms with Crippen molar-refractivity contribution in [3.8, 4) is 11.5 Å². The number of ether oxygens (including phenoxy) is 1. The number of rotatable bonds is 3. The fourth-order valence-electron chi connectivity index (χ4n) is 1.10. The Labute approximate surface area is 95.0 Å². The molecule has 1 aromatic rings. The number of halogens is 3. The molecule has 7 heteroatoms. The van der Waals surface area contributed by atoms with Gasteiger partial charge in [-0.3, -0.25) is 4.79 Å². The first-order chi connectivity index (χ1) is 7.83. The lowest BCUT2D eigenvalue weighted by atomic mass is 10.1. The minimum absolute atomic E-state index is 0.264. The van der Waals surface area contributed by atoms with Crippen LogP contribution in [0.5, 0.6) is 11.5 Å². The monoisotopic (exact) mass is 249 g/mol. The van der Waals surface area contributed by atoms with Crippen LogP contribution in [-0.4, -0.2) is 30.8 Å². The van der Waals surface area contributed by atoms with Crippen molar-refractivity contribution in [2.45, 2.75) is 6.18 Å². The van der Waals surface area contributed by atoms with E-state index in [9.17, 15) is 23.1 Å². The van der Waals surface area contributed by atoms with Crippen LogP contribution in [0.2, 0.25) is 0 Å². The van der Waals surface area contributed by atoms with Crippen LogP contribution in [0, 0.1) is 0 Å². The smallest absolute Gasteiger partial charge is 0.405 e. The molecule has 0 fully saturated rings. The lowest BCUT2D eigenvalue weighted by Crippen LogP contribution is -2.33. The third kappa shape index (κ3) is 3.86. The van der Waals surface area contributed by atoms with Crippen LogP contribution >= 0.6 is 0 Å². The van der Waals surface area contributed by atoms with Crippen molar-refractivity contribution in [2.75, 3.05) is 13.7 Å². The number of phenolic OH excluding ortho intramolecular Hbond substituents is 1. The summed E-state index contributed by atoms with van der Waals surface area (Å²) in [5.74, 6) is -1.16. The van der Waals surface area contributed by atoms with E-state index in [1.54, 1.807) is 5.32 Å². The van der Waals surface area contributed by atoms with E-state index < -0.39 is 24.4 Å². The molecule has 2 N–H and O–H groups in total. The molecule has 0 saturated heterocycles. The van der Waals surface area contributed by atoms with Gasteiger partial charge in [-0.25, -0.2) is 0 Å². The number of alkyl halides is 3. The average Bonchev–Trinajstić information content (AvgIpc) is 2.25. The standard InChI is InChI=1S/C10H10F3NO3/c1-17-6-2-3-8(15)7(4-6)9(16)14-5-10(11,12)13/h2-4,15H,5H2,1H3,(H,14,16). The zero-order valence-electron chi connectivity index (χ0n) is 8.84. The zero-order chi connectivity index (χ0) is 13.1. The summed E-state index contributed by atoms with van der Waals surface area (Å²) in [6.45, 7) is -1.46. The third-order valence-corrected chi connectivity index (χ3v) is 1.90. The summed E-state index contributed by atoms with van der Waals surface area (Å²) in [7, 11) is 1.34. The molecule has 0 aromatic heterocycles. The second-order valence-corrected chi connectivity index (χ2v) is 3.18. The van der Waals surface area contributed by atoms with E-state index in [1.807, 2.05) is 0 Å². The molecule has 0 aliphatic carbocycles. The molecule has 17 heavy (non-hydrogen) atoms. The molecule has 0 aliphatic rings. The lowest BCUT2D eigenvalue weighted by molar-refractivity contribution is -0.123. The number of hydrogen-bond acceptors (Lipinski definition) is 3. The molecular formula is C10H10F3NO3. The highest BCUT2D eigenvalue weighted by molar-refractivity contribution is 5.97. The fraction of sp³-hybridized carbons (Fsp3) is 0.300. The fourth-order valence-corrected chi connectivity index (χ4v) is 1.10. The second kappa shape index (κ2) is 4.94. The Balaban J connectivity index is 2.81. The molecule has 1 rings (SSSR count). The molecule has 0 atom stereocenters. The number of carbonyl (C=O) groups excluding carboxylic acids is 1. The van der Waals surface area contributed by atoms with Crippen LogP contribution in [0.1, 0.15) is 10.4 Å². The van der Waals surface area contributed by atoms with E-state index in [0.29, 0.717) is 0 Å². The molecule has 0 spiro atoms. The molecular weight excluding hydrogens is 239 g/mol. The van der Waals surface area contributed by atoms with Crippen molar-refractivity contribution in [1.82, 2.24) is 5.32 Å². The Bertz CT molecular complexity index is 418. The van der Waals surface area contributed by atoms with Gasteiger partial charge in [0.2, 0.25) is 0 Å². The number of phenols is 1. The summed E-state index contributed by atoms with van der Waals surface area (Å²) >= 11 is 0. The maximum atomic E-state index is 11.9. The molecule has 1 amide bonds. The van der Waals surface area contributed by atoms with E-state index in [-0.39, 0.29) is 11.3 Å². The molecule has 0 radical (unpaired) electrons. The number of methoxy groups -OCH3 is 1. The number of amides is 1. The Kier molecular flexibility index (Phi) is 3.82. The number of nitrogens with one attached hydrogen (secondary N) is 1. The summed E-state index contributed by atoms with van der Waals surface area (Å²) in [6, 6.07) is 3.71. The number of aromatic hydroxyl groups is 1. The number of carbonyl (C=O) groups is 1. The van der Waals surface area contributed by atoms with Crippen molar-refractivity contribution in [2.24, 2.45) is 0 Å². The normalized spacial score (nSPS) is 11.1. The Hall–Kier alpha value is -1.92. The SMILES string of the molecule is COc1ccc(O)c(C(=O)NCC(F)(F)F)c1. The zero-order valence-corrected chi connectivity index (χ0v) is 8.84. The molecule has 0 aliphatic heterocycles.